The Morgan fingerprint density at radius 3 is 2.00 bits per heavy atom. The highest BCUT2D eigenvalue weighted by atomic mass is 31.2. The second kappa shape index (κ2) is 9.42. The number of para-hydroxylation sites is 1. The van der Waals surface area contributed by atoms with Crippen LogP contribution in [0.5, 0.6) is 5.88 Å². The molecule has 0 amide bonds. The molecule has 4 rings (SSSR count). The van der Waals surface area contributed by atoms with E-state index in [0.29, 0.717) is 12.4 Å². The van der Waals surface area contributed by atoms with Crippen LogP contribution in [0.2, 0.25) is 0 Å². The van der Waals surface area contributed by atoms with Crippen molar-refractivity contribution in [3.63, 3.8) is 0 Å². The first-order chi connectivity index (χ1) is 16.4. The van der Waals surface area contributed by atoms with Gasteiger partial charge in [0.05, 0.1) is 35.5 Å². The Morgan fingerprint density at radius 2 is 1.40 bits per heavy atom. The molecule has 0 fully saturated rings. The molecule has 0 N–H and O–H groups in total. The third-order valence-corrected chi connectivity index (χ3v) is 7.77. The van der Waals surface area contributed by atoms with Gasteiger partial charge in [-0.2, -0.15) is 0 Å². The van der Waals surface area contributed by atoms with Gasteiger partial charge in [-0.05, 0) is 64.8 Å². The number of rotatable bonds is 7. The fourth-order valence-corrected chi connectivity index (χ4v) is 6.74. The molecule has 0 spiro atoms. The SMILES string of the molecule is COc1ccc2c(n1)c1ccccc1n2Cc1ccc(CP(=O)(OC(C)(C)C)OC(C)(C)C)cc1. The maximum absolute atomic E-state index is 13.6. The van der Waals surface area contributed by atoms with Gasteiger partial charge in [0, 0.05) is 18.0 Å². The van der Waals surface area contributed by atoms with E-state index in [-0.39, 0.29) is 6.16 Å². The quantitative estimate of drug-likeness (QED) is 0.248. The summed E-state index contributed by atoms with van der Waals surface area (Å²) in [4.78, 5) is 4.69. The van der Waals surface area contributed by atoms with Crippen LogP contribution in [0, 0.1) is 0 Å². The summed E-state index contributed by atoms with van der Waals surface area (Å²) in [5, 5.41) is 1.10. The van der Waals surface area contributed by atoms with Gasteiger partial charge < -0.3 is 18.4 Å². The van der Waals surface area contributed by atoms with Crippen LogP contribution in [0.1, 0.15) is 52.7 Å². The van der Waals surface area contributed by atoms with E-state index in [1.165, 1.54) is 0 Å². The van der Waals surface area contributed by atoms with E-state index in [1.807, 2.05) is 71.9 Å². The Balaban J connectivity index is 1.62. The fourth-order valence-electron chi connectivity index (χ4n) is 4.25. The standard InChI is InChI=1S/C28H35N2O4P/c1-27(2,3)33-35(31,34-28(4,5)6)19-21-14-12-20(13-15-21)18-30-23-11-9-8-10-22(23)26-24(30)16-17-25(29-26)32-7/h8-17H,18-19H2,1-7H3. The lowest BCUT2D eigenvalue weighted by molar-refractivity contribution is 0.0485. The highest BCUT2D eigenvalue weighted by Gasteiger charge is 2.35. The second-order valence-corrected chi connectivity index (χ2v) is 12.7. The van der Waals surface area contributed by atoms with Crippen molar-refractivity contribution in [1.82, 2.24) is 9.55 Å². The van der Waals surface area contributed by atoms with Crippen LogP contribution in [-0.2, 0) is 26.3 Å². The Bertz CT molecular complexity index is 1360. The van der Waals surface area contributed by atoms with Crippen LogP contribution in [0.3, 0.4) is 0 Å². The van der Waals surface area contributed by atoms with Gasteiger partial charge in [0.15, 0.2) is 0 Å². The van der Waals surface area contributed by atoms with Gasteiger partial charge in [-0.15, -0.1) is 0 Å². The van der Waals surface area contributed by atoms with Crippen molar-refractivity contribution < 1.29 is 18.3 Å². The number of methoxy groups -OCH3 is 1. The topological polar surface area (TPSA) is 62.6 Å². The predicted molar refractivity (Wildman–Crippen MR) is 142 cm³/mol. The average molecular weight is 495 g/mol. The smallest absolute Gasteiger partial charge is 0.336 e. The first-order valence-electron chi connectivity index (χ1n) is 11.9. The number of fused-ring (bicyclic) bond motifs is 3. The summed E-state index contributed by atoms with van der Waals surface area (Å²) in [5.74, 6) is 0.601. The van der Waals surface area contributed by atoms with Crippen LogP contribution in [0.25, 0.3) is 21.9 Å². The van der Waals surface area contributed by atoms with E-state index in [9.17, 15) is 4.57 Å². The van der Waals surface area contributed by atoms with Crippen LogP contribution in [-0.4, -0.2) is 27.9 Å². The summed E-state index contributed by atoms with van der Waals surface area (Å²) in [6.07, 6.45) is 0.223. The highest BCUT2D eigenvalue weighted by molar-refractivity contribution is 7.53. The molecule has 2 heterocycles. The fraction of sp³-hybridized carbons (Fsp3) is 0.393. The largest absolute Gasteiger partial charge is 0.481 e. The summed E-state index contributed by atoms with van der Waals surface area (Å²) in [7, 11) is -1.72. The van der Waals surface area contributed by atoms with Crippen molar-refractivity contribution in [1.29, 1.82) is 0 Å². The molecule has 0 aliphatic heterocycles. The van der Waals surface area contributed by atoms with Gasteiger partial charge in [-0.25, -0.2) is 4.98 Å². The zero-order valence-electron chi connectivity index (χ0n) is 21.7. The van der Waals surface area contributed by atoms with E-state index in [1.54, 1.807) is 7.11 Å². The number of pyridine rings is 1. The van der Waals surface area contributed by atoms with Gasteiger partial charge in [-0.1, -0.05) is 42.5 Å². The van der Waals surface area contributed by atoms with E-state index in [0.717, 1.165) is 33.1 Å². The third kappa shape index (κ3) is 6.13. The van der Waals surface area contributed by atoms with Crippen LogP contribution in [0.15, 0.2) is 60.7 Å². The average Bonchev–Trinajstić information content (AvgIpc) is 3.05. The summed E-state index contributed by atoms with van der Waals surface area (Å²) < 4.78 is 33.1. The minimum atomic E-state index is -3.35. The second-order valence-electron chi connectivity index (χ2n) is 10.8. The number of hydrogen-bond donors (Lipinski definition) is 0. The Kier molecular flexibility index (Phi) is 6.85. The zero-order valence-corrected chi connectivity index (χ0v) is 22.6. The number of nitrogens with zero attached hydrogens (tertiary/aromatic N) is 2. The lowest BCUT2D eigenvalue weighted by atomic mass is 10.1. The lowest BCUT2D eigenvalue weighted by Crippen LogP contribution is -2.24. The van der Waals surface area contributed by atoms with Crippen molar-refractivity contribution in [2.75, 3.05) is 7.11 Å². The predicted octanol–water partition coefficient (Wildman–Crippen LogP) is 7.57. The molecule has 7 heteroatoms. The normalized spacial score (nSPS) is 13.0. The number of hydrogen-bond acceptors (Lipinski definition) is 5. The number of benzene rings is 2. The molecule has 186 valence electrons. The maximum atomic E-state index is 13.6. The summed E-state index contributed by atoms with van der Waals surface area (Å²) in [6.45, 7) is 12.1. The van der Waals surface area contributed by atoms with E-state index < -0.39 is 18.8 Å². The molecule has 0 aliphatic carbocycles. The molecule has 2 aromatic carbocycles. The van der Waals surface area contributed by atoms with Gasteiger partial charge in [0.25, 0.3) is 0 Å². The van der Waals surface area contributed by atoms with Crippen molar-refractivity contribution in [3.05, 3.63) is 71.8 Å². The van der Waals surface area contributed by atoms with Crippen molar-refractivity contribution in [3.8, 4) is 5.88 Å². The van der Waals surface area contributed by atoms with Gasteiger partial charge >= 0.3 is 7.60 Å². The van der Waals surface area contributed by atoms with Crippen molar-refractivity contribution in [2.24, 2.45) is 0 Å². The van der Waals surface area contributed by atoms with Gasteiger partial charge in [-0.3, -0.25) is 4.57 Å². The Labute approximate surface area is 207 Å². The van der Waals surface area contributed by atoms with Crippen LogP contribution in [0.4, 0.5) is 0 Å². The molecule has 35 heavy (non-hydrogen) atoms. The van der Waals surface area contributed by atoms with Crippen LogP contribution >= 0.6 is 7.60 Å². The first kappa shape index (κ1) is 25.4. The van der Waals surface area contributed by atoms with E-state index >= 15 is 0 Å². The molecule has 2 aromatic heterocycles. The summed E-state index contributed by atoms with van der Waals surface area (Å²) >= 11 is 0. The van der Waals surface area contributed by atoms with E-state index in [2.05, 4.69) is 34.9 Å². The summed E-state index contributed by atoms with van der Waals surface area (Å²) in [6, 6.07) is 20.4. The molecule has 0 unspecified atom stereocenters. The molecule has 0 atom stereocenters. The molecular weight excluding hydrogens is 459 g/mol. The molecule has 6 nitrogen and oxygen atoms in total. The maximum Gasteiger partial charge on any atom is 0.336 e. The monoisotopic (exact) mass is 494 g/mol. The van der Waals surface area contributed by atoms with Crippen molar-refractivity contribution >= 4 is 29.5 Å². The van der Waals surface area contributed by atoms with Gasteiger partial charge in [0.2, 0.25) is 5.88 Å². The Hall–Kier alpha value is -2.66. The molecule has 0 saturated heterocycles. The molecule has 4 aromatic rings. The number of aromatic nitrogens is 2. The molecule has 0 saturated carbocycles. The summed E-state index contributed by atoms with van der Waals surface area (Å²) in [5.41, 5.74) is 4.00. The number of ether oxygens (including phenoxy) is 1. The molecule has 0 bridgehead atoms. The molecule has 0 aliphatic rings. The molecule has 0 radical (unpaired) electrons. The zero-order chi connectivity index (χ0) is 25.4. The minimum absolute atomic E-state index is 0.223. The van der Waals surface area contributed by atoms with Crippen molar-refractivity contribution in [2.45, 2.75) is 65.5 Å². The van der Waals surface area contributed by atoms with Gasteiger partial charge in [0.1, 0.15) is 5.52 Å². The lowest BCUT2D eigenvalue weighted by Gasteiger charge is -2.32. The molecular formula is C28H35N2O4P. The first-order valence-corrected chi connectivity index (χ1v) is 13.6. The highest BCUT2D eigenvalue weighted by Crippen LogP contribution is 2.56. The minimum Gasteiger partial charge on any atom is -0.481 e. The Morgan fingerprint density at radius 1 is 0.800 bits per heavy atom. The van der Waals surface area contributed by atoms with E-state index in [4.69, 9.17) is 18.8 Å². The van der Waals surface area contributed by atoms with Crippen LogP contribution < -0.4 is 4.74 Å². The third-order valence-electron chi connectivity index (χ3n) is 5.36.